The lowest BCUT2D eigenvalue weighted by Crippen LogP contribution is -2.74. The first kappa shape index (κ1) is 30.3. The van der Waals surface area contributed by atoms with E-state index in [1.54, 1.807) is 6.07 Å². The predicted molar refractivity (Wildman–Crippen MR) is 141 cm³/mol. The summed E-state index contributed by atoms with van der Waals surface area (Å²) in [6.45, 7) is 1.69. The highest BCUT2D eigenvalue weighted by atomic mass is 16.6. The maximum Gasteiger partial charge on any atom is 0.336 e. The number of phenolic OH excluding ortho intramolecular Hbond substituents is 1. The SMILES string of the molecule is C[C@H](OC(=O)[C@@H](O)CC(=O)OC1=CC[C@@]2(O)[C@@H]3Cc4ccc(O)c5c4[C@@]2(CCN3C)[C@H]1O5)C(=O)N[C@H](CC(=O)O)C(=O)O. The molecule has 15 nitrogen and oxygen atoms in total. The Morgan fingerprint density at radius 2 is 1.91 bits per heavy atom. The van der Waals surface area contributed by atoms with E-state index in [-0.39, 0.29) is 29.7 Å². The van der Waals surface area contributed by atoms with Gasteiger partial charge in [-0.15, -0.1) is 0 Å². The van der Waals surface area contributed by atoms with Crippen LogP contribution >= 0.6 is 0 Å². The Morgan fingerprint density at radius 1 is 1.19 bits per heavy atom. The zero-order valence-electron chi connectivity index (χ0n) is 23.3. The molecule has 0 unspecified atom stereocenters. The number of carboxylic acids is 2. The Morgan fingerprint density at radius 3 is 2.58 bits per heavy atom. The van der Waals surface area contributed by atoms with Gasteiger partial charge in [-0.25, -0.2) is 9.59 Å². The average molecular weight is 605 g/mol. The highest BCUT2D eigenvalue weighted by molar-refractivity contribution is 5.90. The van der Waals surface area contributed by atoms with Gasteiger partial charge < -0.3 is 50.0 Å². The molecule has 1 amide bonds. The lowest BCUT2D eigenvalue weighted by molar-refractivity contribution is -0.172. The Kier molecular flexibility index (Phi) is 7.61. The number of carbonyl (C=O) groups excluding carboxylic acids is 3. The minimum Gasteiger partial charge on any atom is -0.504 e. The molecule has 2 heterocycles. The molecule has 2 bridgehead atoms. The van der Waals surface area contributed by atoms with Gasteiger partial charge in [0.25, 0.3) is 5.91 Å². The molecule has 43 heavy (non-hydrogen) atoms. The number of piperidine rings is 1. The number of carboxylic acid groups (broad SMARTS) is 2. The third-order valence-corrected chi connectivity index (χ3v) is 8.87. The van der Waals surface area contributed by atoms with Crippen molar-refractivity contribution in [3.8, 4) is 11.5 Å². The molecule has 4 aliphatic rings. The van der Waals surface area contributed by atoms with Crippen molar-refractivity contribution in [3.63, 3.8) is 0 Å². The maximum atomic E-state index is 12.9. The van der Waals surface area contributed by atoms with Crippen LogP contribution in [0.25, 0.3) is 0 Å². The van der Waals surface area contributed by atoms with Crippen molar-refractivity contribution in [1.29, 1.82) is 0 Å². The standard InChI is InChI=1S/C28H32N2O13/c1-12(24(36)29-14(25(37)38)10-19(33)34)41-26(39)16(32)11-20(35)42-17-5-6-28(40)18-9-13-3-4-15(31)22-21(13)27(28,23(17)43-22)7-8-30(18)2/h3-5,12,14,16,18,23,31-32,40H,6-11H2,1-2H3,(H,29,36)(H,33,34)(H,37,38)/t12-,14+,16-,18-,23-,27-,28+/m0/s1. The van der Waals surface area contributed by atoms with E-state index in [2.05, 4.69) is 4.90 Å². The van der Waals surface area contributed by atoms with Crippen LogP contribution in [0.2, 0.25) is 0 Å². The summed E-state index contributed by atoms with van der Waals surface area (Å²) in [5.74, 6) is -6.46. The second-order valence-electron chi connectivity index (χ2n) is 11.4. The van der Waals surface area contributed by atoms with Gasteiger partial charge in [0.1, 0.15) is 11.8 Å². The van der Waals surface area contributed by atoms with E-state index in [1.165, 1.54) is 12.1 Å². The van der Waals surface area contributed by atoms with Gasteiger partial charge in [-0.05, 0) is 51.1 Å². The van der Waals surface area contributed by atoms with E-state index >= 15 is 0 Å². The van der Waals surface area contributed by atoms with Gasteiger partial charge in [0.15, 0.2) is 29.8 Å². The summed E-state index contributed by atoms with van der Waals surface area (Å²) in [6.07, 6.45) is -3.79. The number of amides is 1. The average Bonchev–Trinajstić information content (AvgIpc) is 3.29. The van der Waals surface area contributed by atoms with Crippen LogP contribution in [0.5, 0.6) is 11.5 Å². The number of aliphatic hydroxyl groups is 2. The van der Waals surface area contributed by atoms with Crippen molar-refractivity contribution in [2.24, 2.45) is 0 Å². The number of aliphatic hydroxyl groups excluding tert-OH is 1. The molecule has 1 fully saturated rings. The molecule has 0 radical (unpaired) electrons. The Bertz CT molecular complexity index is 1430. The number of hydrogen-bond donors (Lipinski definition) is 6. The molecule has 7 atom stereocenters. The van der Waals surface area contributed by atoms with Crippen LogP contribution in [0, 0.1) is 0 Å². The molecule has 5 rings (SSSR count). The predicted octanol–water partition coefficient (Wildman–Crippen LogP) is -1.06. The first-order valence-electron chi connectivity index (χ1n) is 13.7. The van der Waals surface area contributed by atoms with Gasteiger partial charge >= 0.3 is 23.9 Å². The van der Waals surface area contributed by atoms with Gasteiger partial charge in [0.2, 0.25) is 0 Å². The number of carbonyl (C=O) groups is 5. The highest BCUT2D eigenvalue weighted by Crippen LogP contribution is 2.65. The molecule has 15 heteroatoms. The molecule has 2 aliphatic heterocycles. The molecule has 1 aromatic rings. The third kappa shape index (κ3) is 4.86. The van der Waals surface area contributed by atoms with E-state index < -0.39 is 78.0 Å². The molecule has 1 spiro atoms. The van der Waals surface area contributed by atoms with Crippen LogP contribution in [0.15, 0.2) is 24.0 Å². The fraction of sp³-hybridized carbons (Fsp3) is 0.536. The monoisotopic (exact) mass is 604 g/mol. The molecule has 0 aromatic heterocycles. The van der Waals surface area contributed by atoms with Crippen LogP contribution < -0.4 is 10.1 Å². The largest absolute Gasteiger partial charge is 0.504 e. The summed E-state index contributed by atoms with van der Waals surface area (Å²) in [5, 5.41) is 52.8. The van der Waals surface area contributed by atoms with Crippen molar-refractivity contribution in [3.05, 3.63) is 35.1 Å². The summed E-state index contributed by atoms with van der Waals surface area (Å²) in [4.78, 5) is 61.5. The highest BCUT2D eigenvalue weighted by Gasteiger charge is 2.72. The summed E-state index contributed by atoms with van der Waals surface area (Å²) in [7, 11) is 1.93. The minimum absolute atomic E-state index is 0.0629. The van der Waals surface area contributed by atoms with Crippen molar-refractivity contribution < 1.29 is 63.7 Å². The zero-order valence-corrected chi connectivity index (χ0v) is 23.3. The van der Waals surface area contributed by atoms with E-state index in [4.69, 9.17) is 24.4 Å². The summed E-state index contributed by atoms with van der Waals surface area (Å²) in [5.41, 5.74) is -0.685. The zero-order chi connectivity index (χ0) is 31.4. The summed E-state index contributed by atoms with van der Waals surface area (Å²) in [6, 6.07) is 1.29. The van der Waals surface area contributed by atoms with Gasteiger partial charge in [-0.3, -0.25) is 14.4 Å². The fourth-order valence-corrected chi connectivity index (χ4v) is 6.82. The van der Waals surface area contributed by atoms with Gasteiger partial charge in [0, 0.05) is 18.0 Å². The number of rotatable bonds is 10. The number of nitrogens with zero attached hydrogens (tertiary/aromatic N) is 1. The molecule has 0 saturated carbocycles. The number of hydrogen-bond acceptors (Lipinski definition) is 12. The summed E-state index contributed by atoms with van der Waals surface area (Å²) < 4.78 is 16.6. The third-order valence-electron chi connectivity index (χ3n) is 8.87. The van der Waals surface area contributed by atoms with E-state index in [0.717, 1.165) is 12.5 Å². The van der Waals surface area contributed by atoms with Crippen molar-refractivity contribution in [2.45, 2.75) is 80.4 Å². The topological polar surface area (TPSA) is 229 Å². The van der Waals surface area contributed by atoms with Crippen LogP contribution in [0.1, 0.15) is 43.7 Å². The van der Waals surface area contributed by atoms with Crippen molar-refractivity contribution >= 4 is 29.8 Å². The number of benzene rings is 1. The molecular formula is C28H32N2O13. The first-order valence-corrected chi connectivity index (χ1v) is 13.7. The van der Waals surface area contributed by atoms with E-state index in [0.29, 0.717) is 24.9 Å². The van der Waals surface area contributed by atoms with Crippen molar-refractivity contribution in [2.75, 3.05) is 13.6 Å². The van der Waals surface area contributed by atoms with Crippen LogP contribution in [-0.2, 0) is 45.3 Å². The minimum atomic E-state index is -2.06. The Balaban J connectivity index is 1.26. The van der Waals surface area contributed by atoms with Crippen molar-refractivity contribution in [1.82, 2.24) is 10.2 Å². The normalized spacial score (nSPS) is 28.7. The number of esters is 2. The van der Waals surface area contributed by atoms with Crippen LogP contribution in [-0.4, -0.2) is 110 Å². The van der Waals surface area contributed by atoms with Gasteiger partial charge in [-0.2, -0.15) is 0 Å². The van der Waals surface area contributed by atoms with Gasteiger partial charge in [0.05, 0.1) is 23.9 Å². The fourth-order valence-electron chi connectivity index (χ4n) is 6.82. The lowest BCUT2D eigenvalue weighted by Gasteiger charge is -2.61. The molecular weight excluding hydrogens is 572 g/mol. The molecule has 1 saturated heterocycles. The second kappa shape index (κ2) is 10.8. The number of aliphatic carboxylic acids is 2. The number of phenols is 1. The van der Waals surface area contributed by atoms with E-state index in [1.807, 2.05) is 12.4 Å². The van der Waals surface area contributed by atoms with Crippen LogP contribution in [0.4, 0.5) is 0 Å². The smallest absolute Gasteiger partial charge is 0.336 e. The lowest BCUT2D eigenvalue weighted by atomic mass is 9.50. The molecule has 1 aromatic carbocycles. The molecule has 6 N–H and O–H groups in total. The van der Waals surface area contributed by atoms with Gasteiger partial charge in [-0.1, -0.05) is 6.07 Å². The second-order valence-corrected chi connectivity index (χ2v) is 11.4. The maximum absolute atomic E-state index is 12.9. The summed E-state index contributed by atoms with van der Waals surface area (Å²) >= 11 is 0. The number of likely N-dealkylation sites (N-methyl/N-ethyl adjacent to an activating group) is 1. The molecule has 232 valence electrons. The Hall–Kier alpha value is -4.21. The quantitative estimate of drug-likeness (QED) is 0.175. The number of aromatic hydroxyl groups is 1. The number of ether oxygens (including phenoxy) is 3. The number of nitrogens with one attached hydrogen (secondary N) is 1. The Labute approximate surface area is 244 Å². The van der Waals surface area contributed by atoms with Crippen LogP contribution in [0.3, 0.4) is 0 Å². The van der Waals surface area contributed by atoms with E-state index in [9.17, 15) is 39.3 Å². The number of likely N-dealkylation sites (tertiary alicyclic amines) is 1. The first-order chi connectivity index (χ1) is 20.2. The molecule has 2 aliphatic carbocycles.